The van der Waals surface area contributed by atoms with Crippen molar-refractivity contribution >= 4 is 0 Å². The second-order valence-electron chi connectivity index (χ2n) is 3.12. The van der Waals surface area contributed by atoms with E-state index in [0.29, 0.717) is 12.1 Å². The smallest absolute Gasteiger partial charge is 0.101 e. The molecule has 0 aliphatic carbocycles. The van der Waals surface area contributed by atoms with Gasteiger partial charge in [-0.2, -0.15) is 5.26 Å². The molecule has 0 amide bonds. The van der Waals surface area contributed by atoms with E-state index in [-0.39, 0.29) is 0 Å². The number of unbranched alkanes of at least 4 members (excludes halogenated alkanes) is 2. The standard InChI is InChI=1S/C12H13N3/c13-6-4-2-1-3-5-11-7-12(8-14)10-15-9-11/h7,9-10H,1-2,4,6,13H2. The van der Waals surface area contributed by atoms with E-state index in [0.717, 1.165) is 24.8 Å². The quantitative estimate of drug-likeness (QED) is 0.591. The summed E-state index contributed by atoms with van der Waals surface area (Å²) in [6.07, 6.45) is 6.06. The Bertz CT molecular complexity index is 407. The van der Waals surface area contributed by atoms with Gasteiger partial charge in [-0.25, -0.2) is 0 Å². The van der Waals surface area contributed by atoms with Gasteiger partial charge in [0.05, 0.1) is 5.56 Å². The molecule has 0 atom stereocenters. The Balaban J connectivity index is 2.53. The first kappa shape index (κ1) is 11.2. The largest absolute Gasteiger partial charge is 0.330 e. The molecular formula is C12H13N3. The molecule has 76 valence electrons. The van der Waals surface area contributed by atoms with Crippen molar-refractivity contribution in [2.45, 2.75) is 19.3 Å². The first-order valence-corrected chi connectivity index (χ1v) is 4.91. The third-order valence-electron chi connectivity index (χ3n) is 1.86. The minimum absolute atomic E-state index is 0.545. The molecule has 0 radical (unpaired) electrons. The van der Waals surface area contributed by atoms with Gasteiger partial charge in [-0.15, -0.1) is 0 Å². The summed E-state index contributed by atoms with van der Waals surface area (Å²) in [7, 11) is 0. The van der Waals surface area contributed by atoms with Crippen LogP contribution in [0.2, 0.25) is 0 Å². The molecule has 15 heavy (non-hydrogen) atoms. The van der Waals surface area contributed by atoms with E-state index >= 15 is 0 Å². The van der Waals surface area contributed by atoms with Gasteiger partial charge in [-0.1, -0.05) is 11.8 Å². The number of pyridine rings is 1. The van der Waals surface area contributed by atoms with Crippen LogP contribution in [0, 0.1) is 23.2 Å². The third kappa shape index (κ3) is 4.26. The van der Waals surface area contributed by atoms with E-state index in [1.165, 1.54) is 6.20 Å². The average Bonchev–Trinajstić information content (AvgIpc) is 2.29. The lowest BCUT2D eigenvalue weighted by Crippen LogP contribution is -1.96. The molecule has 0 bridgehead atoms. The van der Waals surface area contributed by atoms with Crippen LogP contribution in [0.4, 0.5) is 0 Å². The van der Waals surface area contributed by atoms with E-state index in [1.54, 1.807) is 12.3 Å². The van der Waals surface area contributed by atoms with Gasteiger partial charge in [0.25, 0.3) is 0 Å². The van der Waals surface area contributed by atoms with E-state index in [1.807, 2.05) is 6.07 Å². The van der Waals surface area contributed by atoms with Crippen molar-refractivity contribution in [1.82, 2.24) is 4.98 Å². The number of hydrogen-bond donors (Lipinski definition) is 1. The van der Waals surface area contributed by atoms with Crippen molar-refractivity contribution in [2.24, 2.45) is 5.73 Å². The van der Waals surface area contributed by atoms with Crippen LogP contribution in [-0.2, 0) is 0 Å². The Morgan fingerprint density at radius 1 is 1.27 bits per heavy atom. The Morgan fingerprint density at radius 2 is 2.07 bits per heavy atom. The molecule has 0 saturated carbocycles. The van der Waals surface area contributed by atoms with Crippen LogP contribution in [0.5, 0.6) is 0 Å². The number of nitrogens with zero attached hydrogens (tertiary/aromatic N) is 2. The number of nitrogens with two attached hydrogens (primary N) is 1. The summed E-state index contributed by atoms with van der Waals surface area (Å²) < 4.78 is 0. The second kappa shape index (κ2) is 6.59. The fourth-order valence-electron chi connectivity index (χ4n) is 1.09. The first-order chi connectivity index (χ1) is 7.36. The highest BCUT2D eigenvalue weighted by atomic mass is 14.6. The van der Waals surface area contributed by atoms with Crippen LogP contribution in [0.15, 0.2) is 18.5 Å². The number of aromatic nitrogens is 1. The number of rotatable bonds is 3. The highest BCUT2D eigenvalue weighted by Gasteiger charge is 1.91. The summed E-state index contributed by atoms with van der Waals surface area (Å²) in [6, 6.07) is 3.77. The Hall–Kier alpha value is -1.84. The molecule has 3 heteroatoms. The van der Waals surface area contributed by atoms with Crippen molar-refractivity contribution in [1.29, 1.82) is 5.26 Å². The second-order valence-corrected chi connectivity index (χ2v) is 3.12. The molecule has 3 nitrogen and oxygen atoms in total. The van der Waals surface area contributed by atoms with Crippen molar-refractivity contribution in [3.63, 3.8) is 0 Å². The predicted octanol–water partition coefficient (Wildman–Crippen LogP) is 1.43. The molecule has 0 fully saturated rings. The zero-order chi connectivity index (χ0) is 10.9. The van der Waals surface area contributed by atoms with Gasteiger partial charge in [-0.05, 0) is 25.5 Å². The maximum atomic E-state index is 8.65. The van der Waals surface area contributed by atoms with Gasteiger partial charge in [0.1, 0.15) is 6.07 Å². The summed E-state index contributed by atoms with van der Waals surface area (Å²) in [4.78, 5) is 3.93. The molecule has 2 N–H and O–H groups in total. The molecular weight excluding hydrogens is 186 g/mol. The van der Waals surface area contributed by atoms with Crippen LogP contribution >= 0.6 is 0 Å². The summed E-state index contributed by atoms with van der Waals surface area (Å²) >= 11 is 0. The minimum atomic E-state index is 0.545. The molecule has 0 aliphatic heterocycles. The van der Waals surface area contributed by atoms with Gasteiger partial charge in [0.2, 0.25) is 0 Å². The molecule has 0 unspecified atom stereocenters. The van der Waals surface area contributed by atoms with E-state index in [2.05, 4.69) is 16.8 Å². The van der Waals surface area contributed by atoms with E-state index in [4.69, 9.17) is 11.0 Å². The monoisotopic (exact) mass is 199 g/mol. The van der Waals surface area contributed by atoms with E-state index in [9.17, 15) is 0 Å². The molecule has 0 spiro atoms. The summed E-state index contributed by atoms with van der Waals surface area (Å²) in [5.41, 5.74) is 6.70. The molecule has 1 aromatic heterocycles. The highest BCUT2D eigenvalue weighted by molar-refractivity contribution is 5.38. The van der Waals surface area contributed by atoms with Crippen molar-refractivity contribution in [3.05, 3.63) is 29.6 Å². The lowest BCUT2D eigenvalue weighted by Gasteiger charge is -1.91. The Morgan fingerprint density at radius 3 is 2.80 bits per heavy atom. The van der Waals surface area contributed by atoms with E-state index < -0.39 is 0 Å². The SMILES string of the molecule is N#Cc1cncc(C#CCCCCN)c1. The van der Waals surface area contributed by atoms with Gasteiger partial charge in [0, 0.05) is 24.4 Å². The summed E-state index contributed by atoms with van der Waals surface area (Å²) in [6.45, 7) is 0.715. The third-order valence-corrected chi connectivity index (χ3v) is 1.86. The molecule has 1 heterocycles. The molecule has 0 aliphatic rings. The van der Waals surface area contributed by atoms with Gasteiger partial charge >= 0.3 is 0 Å². The van der Waals surface area contributed by atoms with Crippen molar-refractivity contribution < 1.29 is 0 Å². The van der Waals surface area contributed by atoms with Gasteiger partial charge < -0.3 is 5.73 Å². The van der Waals surface area contributed by atoms with Crippen LogP contribution in [0.1, 0.15) is 30.4 Å². The zero-order valence-corrected chi connectivity index (χ0v) is 8.53. The number of nitriles is 1. The predicted molar refractivity (Wildman–Crippen MR) is 58.7 cm³/mol. The number of hydrogen-bond acceptors (Lipinski definition) is 3. The van der Waals surface area contributed by atoms with Crippen LogP contribution in [-0.4, -0.2) is 11.5 Å². The Labute approximate surface area is 89.9 Å². The average molecular weight is 199 g/mol. The molecule has 0 aromatic carbocycles. The van der Waals surface area contributed by atoms with Crippen LogP contribution < -0.4 is 5.73 Å². The zero-order valence-electron chi connectivity index (χ0n) is 8.53. The maximum absolute atomic E-state index is 8.65. The van der Waals surface area contributed by atoms with Gasteiger partial charge in [0.15, 0.2) is 0 Å². The first-order valence-electron chi connectivity index (χ1n) is 4.91. The lowest BCUT2D eigenvalue weighted by atomic mass is 10.2. The maximum Gasteiger partial charge on any atom is 0.101 e. The molecule has 0 saturated heterocycles. The lowest BCUT2D eigenvalue weighted by molar-refractivity contribution is 0.768. The minimum Gasteiger partial charge on any atom is -0.330 e. The van der Waals surface area contributed by atoms with Crippen molar-refractivity contribution in [2.75, 3.05) is 6.54 Å². The molecule has 1 rings (SSSR count). The topological polar surface area (TPSA) is 62.7 Å². The summed E-state index contributed by atoms with van der Waals surface area (Å²) in [5.74, 6) is 6.01. The fraction of sp³-hybridized carbons (Fsp3) is 0.333. The summed E-state index contributed by atoms with van der Waals surface area (Å²) in [5, 5.41) is 8.65. The fourth-order valence-corrected chi connectivity index (χ4v) is 1.09. The Kier molecular flexibility index (Phi) is 4.94. The molecule has 1 aromatic rings. The van der Waals surface area contributed by atoms with Gasteiger partial charge in [-0.3, -0.25) is 4.98 Å². The van der Waals surface area contributed by atoms with Crippen LogP contribution in [0.25, 0.3) is 0 Å². The highest BCUT2D eigenvalue weighted by Crippen LogP contribution is 1.99. The normalized spacial score (nSPS) is 8.80. The van der Waals surface area contributed by atoms with Crippen molar-refractivity contribution in [3.8, 4) is 17.9 Å². The van der Waals surface area contributed by atoms with Crippen LogP contribution in [0.3, 0.4) is 0 Å².